The van der Waals surface area contributed by atoms with Crippen LogP contribution < -0.4 is 10.5 Å². The Bertz CT molecular complexity index is 681. The Kier molecular flexibility index (Phi) is 2.95. The summed E-state index contributed by atoms with van der Waals surface area (Å²) in [4.78, 5) is 3.24. The number of anilines is 2. The van der Waals surface area contributed by atoms with Crippen molar-refractivity contribution in [2.75, 3.05) is 10.5 Å². The first-order chi connectivity index (χ1) is 8.38. The first-order valence-corrected chi connectivity index (χ1v) is 6.37. The van der Waals surface area contributed by atoms with E-state index in [-0.39, 0.29) is 11.7 Å². The van der Waals surface area contributed by atoms with Crippen molar-refractivity contribution in [3.05, 3.63) is 36.0 Å². The lowest BCUT2D eigenvalue weighted by Gasteiger charge is -2.05. The van der Waals surface area contributed by atoms with Crippen LogP contribution in [0.4, 0.5) is 16.1 Å². The van der Waals surface area contributed by atoms with Crippen LogP contribution in [0.25, 0.3) is 0 Å². The Balaban J connectivity index is 2.36. The predicted octanol–water partition coefficient (Wildman–Crippen LogP) is 1.51. The van der Waals surface area contributed by atoms with Crippen LogP contribution in [0.1, 0.15) is 5.69 Å². The van der Waals surface area contributed by atoms with Crippen LogP contribution in [-0.4, -0.2) is 13.4 Å². The van der Waals surface area contributed by atoms with Gasteiger partial charge in [0.1, 0.15) is 17.0 Å². The van der Waals surface area contributed by atoms with E-state index in [0.717, 1.165) is 12.1 Å². The molecule has 0 aliphatic rings. The summed E-state index contributed by atoms with van der Waals surface area (Å²) in [6, 6.07) is 3.07. The number of aromatic nitrogens is 1. The molecule has 2 rings (SSSR count). The van der Waals surface area contributed by atoms with Crippen LogP contribution in [-0.2, 0) is 10.0 Å². The molecule has 6 nitrogen and oxygen atoms in total. The SMILES string of the molecule is Cc1coc(NS(=O)(=O)c2ccc(N)cc2F)n1. The Labute approximate surface area is 103 Å². The molecule has 0 saturated carbocycles. The molecular formula is C10H10FN3O3S. The van der Waals surface area contributed by atoms with Crippen molar-refractivity contribution in [1.29, 1.82) is 0 Å². The molecule has 0 bridgehead atoms. The van der Waals surface area contributed by atoms with Crippen molar-refractivity contribution in [1.82, 2.24) is 4.98 Å². The fourth-order valence-electron chi connectivity index (χ4n) is 1.31. The smallest absolute Gasteiger partial charge is 0.309 e. The number of oxazole rings is 1. The molecule has 0 saturated heterocycles. The lowest BCUT2D eigenvalue weighted by atomic mass is 10.3. The third kappa shape index (κ3) is 2.43. The molecule has 0 radical (unpaired) electrons. The van der Waals surface area contributed by atoms with Crippen LogP contribution in [0.5, 0.6) is 0 Å². The zero-order chi connectivity index (χ0) is 13.3. The first-order valence-electron chi connectivity index (χ1n) is 4.88. The minimum Gasteiger partial charge on any atom is -0.431 e. The van der Waals surface area contributed by atoms with Gasteiger partial charge in [-0.15, -0.1) is 0 Å². The summed E-state index contributed by atoms with van der Waals surface area (Å²) >= 11 is 0. The van der Waals surface area contributed by atoms with Crippen LogP contribution in [0.15, 0.2) is 33.8 Å². The number of sulfonamides is 1. The van der Waals surface area contributed by atoms with E-state index in [0.29, 0.717) is 5.69 Å². The molecule has 8 heteroatoms. The number of nitrogens with one attached hydrogen (secondary N) is 1. The second-order valence-corrected chi connectivity index (χ2v) is 5.24. The number of nitrogens with two attached hydrogens (primary N) is 1. The van der Waals surface area contributed by atoms with Crippen molar-refractivity contribution in [3.8, 4) is 0 Å². The van der Waals surface area contributed by atoms with E-state index in [1.165, 1.54) is 12.3 Å². The highest BCUT2D eigenvalue weighted by molar-refractivity contribution is 7.92. The monoisotopic (exact) mass is 271 g/mol. The van der Waals surface area contributed by atoms with Crippen LogP contribution in [0.3, 0.4) is 0 Å². The number of rotatable bonds is 3. The summed E-state index contributed by atoms with van der Waals surface area (Å²) in [5.41, 5.74) is 5.98. The van der Waals surface area contributed by atoms with Gasteiger partial charge >= 0.3 is 6.01 Å². The van der Waals surface area contributed by atoms with E-state index in [4.69, 9.17) is 10.2 Å². The van der Waals surface area contributed by atoms with Gasteiger partial charge < -0.3 is 10.2 Å². The average molecular weight is 271 g/mol. The number of halogens is 1. The molecule has 0 fully saturated rings. The second-order valence-electron chi connectivity index (χ2n) is 3.59. The minimum atomic E-state index is -4.08. The molecule has 1 heterocycles. The lowest BCUT2D eigenvalue weighted by Crippen LogP contribution is -2.15. The first kappa shape index (κ1) is 12.4. The maximum atomic E-state index is 13.5. The normalized spacial score (nSPS) is 11.4. The van der Waals surface area contributed by atoms with E-state index >= 15 is 0 Å². The number of hydrogen-bond acceptors (Lipinski definition) is 5. The predicted molar refractivity (Wildman–Crippen MR) is 62.9 cm³/mol. The summed E-state index contributed by atoms with van der Waals surface area (Å²) in [5, 5.41) is 0. The van der Waals surface area contributed by atoms with Crippen molar-refractivity contribution < 1.29 is 17.2 Å². The zero-order valence-corrected chi connectivity index (χ0v) is 10.2. The van der Waals surface area contributed by atoms with Gasteiger partial charge in [0.2, 0.25) is 0 Å². The quantitative estimate of drug-likeness (QED) is 0.824. The number of nitrogens with zero attached hydrogens (tertiary/aromatic N) is 1. The molecule has 1 aromatic carbocycles. The van der Waals surface area contributed by atoms with Gasteiger partial charge in [0.25, 0.3) is 10.0 Å². The molecule has 0 amide bonds. The Morgan fingerprint density at radius 1 is 1.44 bits per heavy atom. The lowest BCUT2D eigenvalue weighted by molar-refractivity contribution is 0.559. The summed E-state index contributed by atoms with van der Waals surface area (Å²) in [6.45, 7) is 1.63. The molecule has 2 aromatic rings. The van der Waals surface area contributed by atoms with E-state index in [1.54, 1.807) is 6.92 Å². The van der Waals surface area contributed by atoms with Gasteiger partial charge in [0, 0.05) is 5.69 Å². The van der Waals surface area contributed by atoms with Crippen LogP contribution in [0, 0.1) is 12.7 Å². The van der Waals surface area contributed by atoms with Gasteiger partial charge in [-0.3, -0.25) is 0 Å². The fraction of sp³-hybridized carbons (Fsp3) is 0.100. The number of benzene rings is 1. The van der Waals surface area contributed by atoms with Crippen LogP contribution in [0.2, 0.25) is 0 Å². The van der Waals surface area contributed by atoms with Gasteiger partial charge in [0.15, 0.2) is 0 Å². The van der Waals surface area contributed by atoms with E-state index in [2.05, 4.69) is 4.98 Å². The average Bonchev–Trinajstić information content (AvgIpc) is 2.62. The van der Waals surface area contributed by atoms with Gasteiger partial charge in [0.05, 0.1) is 5.69 Å². The molecule has 0 aliphatic carbocycles. The highest BCUT2D eigenvalue weighted by Crippen LogP contribution is 2.20. The third-order valence-corrected chi connectivity index (χ3v) is 3.44. The Morgan fingerprint density at radius 3 is 2.72 bits per heavy atom. The largest absolute Gasteiger partial charge is 0.431 e. The van der Waals surface area contributed by atoms with E-state index in [1.807, 2.05) is 4.72 Å². The van der Waals surface area contributed by atoms with Gasteiger partial charge in [-0.25, -0.2) is 17.5 Å². The molecule has 0 atom stereocenters. The molecule has 18 heavy (non-hydrogen) atoms. The summed E-state index contributed by atoms with van der Waals surface area (Å²) in [5.74, 6) is -0.939. The molecule has 96 valence electrons. The van der Waals surface area contributed by atoms with Crippen LogP contribution >= 0.6 is 0 Å². The standard InChI is InChI=1S/C10H10FN3O3S/c1-6-5-17-10(13-6)14-18(15,16)9-3-2-7(12)4-8(9)11/h2-5H,12H2,1H3,(H,13,14). The maximum absolute atomic E-state index is 13.5. The molecule has 0 aliphatic heterocycles. The van der Waals surface area contributed by atoms with Gasteiger partial charge in [-0.05, 0) is 25.1 Å². The Hall–Kier alpha value is -2.09. The number of hydrogen-bond donors (Lipinski definition) is 2. The van der Waals surface area contributed by atoms with E-state index in [9.17, 15) is 12.8 Å². The molecule has 1 aromatic heterocycles. The number of nitrogen functional groups attached to an aromatic ring is 1. The van der Waals surface area contributed by atoms with Crippen molar-refractivity contribution >= 4 is 21.7 Å². The highest BCUT2D eigenvalue weighted by Gasteiger charge is 2.21. The molecule has 3 N–H and O–H groups in total. The van der Waals surface area contributed by atoms with Crippen molar-refractivity contribution in [3.63, 3.8) is 0 Å². The van der Waals surface area contributed by atoms with Crippen molar-refractivity contribution in [2.24, 2.45) is 0 Å². The Morgan fingerprint density at radius 2 is 2.17 bits per heavy atom. The highest BCUT2D eigenvalue weighted by atomic mass is 32.2. The topological polar surface area (TPSA) is 98.2 Å². The maximum Gasteiger partial charge on any atom is 0.309 e. The molecule has 0 unspecified atom stereocenters. The van der Waals surface area contributed by atoms with Gasteiger partial charge in [-0.2, -0.15) is 4.98 Å². The third-order valence-electron chi connectivity index (χ3n) is 2.09. The second kappa shape index (κ2) is 4.30. The molecule has 0 spiro atoms. The summed E-state index contributed by atoms with van der Waals surface area (Å²) in [6.07, 6.45) is 1.27. The van der Waals surface area contributed by atoms with Crippen molar-refractivity contribution in [2.45, 2.75) is 11.8 Å². The fourth-order valence-corrected chi connectivity index (χ4v) is 2.30. The van der Waals surface area contributed by atoms with Gasteiger partial charge in [-0.1, -0.05) is 0 Å². The molecular weight excluding hydrogens is 261 g/mol. The minimum absolute atomic E-state index is 0.137. The summed E-state index contributed by atoms with van der Waals surface area (Å²) < 4.78 is 44.1. The zero-order valence-electron chi connectivity index (χ0n) is 9.34. The summed E-state index contributed by atoms with van der Waals surface area (Å²) in [7, 11) is -4.08. The van der Waals surface area contributed by atoms with E-state index < -0.39 is 20.7 Å². The number of aryl methyl sites for hydroxylation is 1.